The van der Waals surface area contributed by atoms with Crippen LogP contribution in [0.4, 0.5) is 4.39 Å². The van der Waals surface area contributed by atoms with Crippen LogP contribution in [0.1, 0.15) is 16.7 Å². The highest BCUT2D eigenvalue weighted by Gasteiger charge is 2.08. The number of benzene rings is 2. The van der Waals surface area contributed by atoms with Gasteiger partial charge in [-0.25, -0.2) is 4.39 Å². The molecular weight excluding hydrogens is 265 g/mol. The van der Waals surface area contributed by atoms with Crippen LogP contribution in [0.25, 0.3) is 0 Å². The first-order valence-corrected chi connectivity index (χ1v) is 6.35. The Bertz CT molecular complexity index is 586. The topological polar surface area (TPSA) is 35.2 Å². The molecule has 0 amide bonds. The average Bonchev–Trinajstić information content (AvgIpc) is 2.41. The van der Waals surface area contributed by atoms with Crippen LogP contribution in [0.3, 0.4) is 0 Å². The zero-order valence-corrected chi connectivity index (χ0v) is 11.4. The van der Waals surface area contributed by atoms with Gasteiger partial charge in [-0.15, -0.1) is 0 Å². The van der Waals surface area contributed by atoms with Crippen molar-refractivity contribution in [2.24, 2.45) is 5.73 Å². The van der Waals surface area contributed by atoms with Crippen molar-refractivity contribution in [1.82, 2.24) is 0 Å². The Morgan fingerprint density at radius 3 is 2.74 bits per heavy atom. The van der Waals surface area contributed by atoms with Gasteiger partial charge in [-0.05, 0) is 35.7 Å². The summed E-state index contributed by atoms with van der Waals surface area (Å²) in [4.78, 5) is 0. The molecule has 2 nitrogen and oxygen atoms in total. The van der Waals surface area contributed by atoms with E-state index in [2.05, 4.69) is 0 Å². The van der Waals surface area contributed by atoms with Crippen LogP contribution >= 0.6 is 11.6 Å². The molecule has 2 aromatic carbocycles. The molecule has 0 aliphatic heterocycles. The van der Waals surface area contributed by atoms with E-state index in [-0.39, 0.29) is 10.8 Å². The van der Waals surface area contributed by atoms with Crippen LogP contribution < -0.4 is 10.5 Å². The molecule has 0 atom stereocenters. The molecule has 0 heterocycles. The van der Waals surface area contributed by atoms with Gasteiger partial charge in [0.15, 0.2) is 11.6 Å². The van der Waals surface area contributed by atoms with Gasteiger partial charge in [0, 0.05) is 6.54 Å². The van der Waals surface area contributed by atoms with E-state index in [1.165, 1.54) is 6.07 Å². The Morgan fingerprint density at radius 1 is 1.26 bits per heavy atom. The summed E-state index contributed by atoms with van der Waals surface area (Å²) in [6.07, 6.45) is 0. The van der Waals surface area contributed by atoms with Crippen LogP contribution in [-0.2, 0) is 13.2 Å². The first-order valence-electron chi connectivity index (χ1n) is 5.97. The Hall–Kier alpha value is -1.58. The third-order valence-corrected chi connectivity index (χ3v) is 3.23. The number of hydrogen-bond acceptors (Lipinski definition) is 2. The predicted octanol–water partition coefficient (Wildman–Crippen LogP) is 3.83. The van der Waals surface area contributed by atoms with Gasteiger partial charge in [-0.3, -0.25) is 0 Å². The molecule has 0 aromatic heterocycles. The number of nitrogens with two attached hydrogens (primary N) is 1. The number of hydrogen-bond donors (Lipinski definition) is 1. The Morgan fingerprint density at radius 2 is 2.05 bits per heavy atom. The van der Waals surface area contributed by atoms with Crippen LogP contribution in [0.5, 0.6) is 5.75 Å². The van der Waals surface area contributed by atoms with Gasteiger partial charge >= 0.3 is 0 Å². The second-order valence-electron chi connectivity index (χ2n) is 4.31. The summed E-state index contributed by atoms with van der Waals surface area (Å²) < 4.78 is 19.1. The highest BCUT2D eigenvalue weighted by atomic mass is 35.5. The van der Waals surface area contributed by atoms with Crippen molar-refractivity contribution >= 4 is 11.6 Å². The van der Waals surface area contributed by atoms with E-state index < -0.39 is 5.82 Å². The molecule has 0 aliphatic carbocycles. The first-order chi connectivity index (χ1) is 9.11. The highest BCUT2D eigenvalue weighted by Crippen LogP contribution is 2.25. The molecule has 100 valence electrons. The molecule has 0 radical (unpaired) electrons. The lowest BCUT2D eigenvalue weighted by molar-refractivity contribution is 0.289. The quantitative estimate of drug-likeness (QED) is 0.923. The largest absolute Gasteiger partial charge is 0.486 e. The maximum absolute atomic E-state index is 13.7. The second kappa shape index (κ2) is 6.04. The summed E-state index contributed by atoms with van der Waals surface area (Å²) in [6.45, 7) is 2.78. The summed E-state index contributed by atoms with van der Waals surface area (Å²) in [6, 6.07) is 10.6. The predicted molar refractivity (Wildman–Crippen MR) is 74.8 cm³/mol. The Kier molecular flexibility index (Phi) is 4.40. The minimum atomic E-state index is -0.527. The lowest BCUT2D eigenvalue weighted by atomic mass is 10.1. The van der Waals surface area contributed by atoms with E-state index in [1.54, 1.807) is 12.1 Å². The van der Waals surface area contributed by atoms with Gasteiger partial charge in [-0.2, -0.15) is 0 Å². The Balaban J connectivity index is 2.12. The van der Waals surface area contributed by atoms with Gasteiger partial charge in [-0.1, -0.05) is 35.9 Å². The summed E-state index contributed by atoms with van der Waals surface area (Å²) >= 11 is 5.70. The lowest BCUT2D eigenvalue weighted by Crippen LogP contribution is -2.02. The third kappa shape index (κ3) is 3.25. The Labute approximate surface area is 117 Å². The van der Waals surface area contributed by atoms with Gasteiger partial charge in [0.2, 0.25) is 0 Å². The number of aryl methyl sites for hydroxylation is 1. The fourth-order valence-electron chi connectivity index (χ4n) is 1.80. The zero-order chi connectivity index (χ0) is 13.8. The summed E-state index contributed by atoms with van der Waals surface area (Å²) in [7, 11) is 0. The minimum absolute atomic E-state index is 0.0627. The van der Waals surface area contributed by atoms with Crippen LogP contribution in [0.2, 0.25) is 5.02 Å². The molecule has 4 heteroatoms. The van der Waals surface area contributed by atoms with Crippen molar-refractivity contribution in [3.05, 3.63) is 63.9 Å². The normalized spacial score (nSPS) is 10.5. The minimum Gasteiger partial charge on any atom is -0.486 e. The smallest absolute Gasteiger partial charge is 0.183 e. The molecule has 0 bridgehead atoms. The summed E-state index contributed by atoms with van der Waals surface area (Å²) in [5, 5.41) is 0.0627. The van der Waals surface area contributed by atoms with Gasteiger partial charge in [0.05, 0.1) is 5.02 Å². The maximum atomic E-state index is 13.7. The van der Waals surface area contributed by atoms with Crippen LogP contribution in [0, 0.1) is 12.7 Å². The fraction of sp³-hybridized carbons (Fsp3) is 0.200. The van der Waals surface area contributed by atoms with Crippen molar-refractivity contribution in [1.29, 1.82) is 0 Å². The van der Waals surface area contributed by atoms with Gasteiger partial charge in [0.25, 0.3) is 0 Å². The molecular formula is C15H15ClFNO. The van der Waals surface area contributed by atoms with E-state index in [0.29, 0.717) is 13.2 Å². The molecule has 0 saturated carbocycles. The molecule has 2 aromatic rings. The number of ether oxygens (including phenoxy) is 1. The van der Waals surface area contributed by atoms with E-state index >= 15 is 0 Å². The van der Waals surface area contributed by atoms with Crippen molar-refractivity contribution in [3.63, 3.8) is 0 Å². The van der Waals surface area contributed by atoms with E-state index in [0.717, 1.165) is 16.7 Å². The summed E-state index contributed by atoms with van der Waals surface area (Å²) in [5.41, 5.74) is 8.71. The van der Waals surface area contributed by atoms with Crippen LogP contribution in [-0.4, -0.2) is 0 Å². The maximum Gasteiger partial charge on any atom is 0.183 e. The van der Waals surface area contributed by atoms with E-state index in [4.69, 9.17) is 22.1 Å². The number of halogens is 2. The second-order valence-corrected chi connectivity index (χ2v) is 4.71. The van der Waals surface area contributed by atoms with Crippen molar-refractivity contribution < 1.29 is 9.13 Å². The van der Waals surface area contributed by atoms with E-state index in [1.807, 2.05) is 25.1 Å². The average molecular weight is 280 g/mol. The van der Waals surface area contributed by atoms with Crippen LogP contribution in [0.15, 0.2) is 36.4 Å². The van der Waals surface area contributed by atoms with Crippen molar-refractivity contribution in [2.75, 3.05) is 0 Å². The highest BCUT2D eigenvalue weighted by molar-refractivity contribution is 6.30. The van der Waals surface area contributed by atoms with Gasteiger partial charge in [0.1, 0.15) is 6.61 Å². The third-order valence-electron chi connectivity index (χ3n) is 2.94. The molecule has 0 spiro atoms. The SMILES string of the molecule is Cc1cc(CN)ccc1COc1cccc(Cl)c1F. The monoisotopic (exact) mass is 279 g/mol. The molecule has 0 unspecified atom stereocenters. The summed E-state index contributed by atoms with van der Waals surface area (Å²) in [5.74, 6) is -0.366. The number of rotatable bonds is 4. The van der Waals surface area contributed by atoms with Crippen molar-refractivity contribution in [3.8, 4) is 5.75 Å². The molecule has 0 saturated heterocycles. The lowest BCUT2D eigenvalue weighted by Gasteiger charge is -2.11. The molecule has 2 N–H and O–H groups in total. The fourth-order valence-corrected chi connectivity index (χ4v) is 1.96. The molecule has 19 heavy (non-hydrogen) atoms. The molecule has 0 aliphatic rings. The zero-order valence-electron chi connectivity index (χ0n) is 10.6. The van der Waals surface area contributed by atoms with Crippen molar-refractivity contribution in [2.45, 2.75) is 20.1 Å². The van der Waals surface area contributed by atoms with Gasteiger partial charge < -0.3 is 10.5 Å². The first kappa shape index (κ1) is 13.8. The molecule has 0 fully saturated rings. The molecule has 2 rings (SSSR count). The standard InChI is InChI=1S/C15H15ClFNO/c1-10-7-11(8-18)5-6-12(10)9-19-14-4-2-3-13(16)15(14)17/h2-7H,8-9,18H2,1H3. The van der Waals surface area contributed by atoms with E-state index in [9.17, 15) is 4.39 Å².